The number of aliphatic hydroxyl groups excluding tert-OH is 3. The summed E-state index contributed by atoms with van der Waals surface area (Å²) in [5, 5.41) is 59.7. The fourth-order valence-corrected chi connectivity index (χ4v) is 7.47. The SMILES string of the molecule is C[C@H](NC(=O)[C@@H](NC(=O)[C@H](CCC(N)=O)NC(=O)[C@@H](N)CCCCN[C@H]1C[C@@H]1c1ccccc1)[C@@H](C)O)C(=O)N[C@@H](CCCN=C(N)N)C(=O)N[C@@H](CCCCN)C(=O)N[C@@H](CO)C(=O)N[C@H](C(=O)O)[C@@H](C)O. The van der Waals surface area contributed by atoms with Gasteiger partial charge >= 0.3 is 5.97 Å². The summed E-state index contributed by atoms with van der Waals surface area (Å²) in [6.45, 7) is 3.44. The zero-order valence-electron chi connectivity index (χ0n) is 41.7. The molecule has 0 radical (unpaired) electrons. The van der Waals surface area contributed by atoms with Crippen molar-refractivity contribution >= 4 is 59.2 Å². The first-order valence-corrected chi connectivity index (χ1v) is 24.4. The van der Waals surface area contributed by atoms with E-state index >= 15 is 0 Å². The quantitative estimate of drug-likeness (QED) is 0.0169. The predicted molar refractivity (Wildman–Crippen MR) is 266 cm³/mol. The van der Waals surface area contributed by atoms with E-state index in [0.717, 1.165) is 19.8 Å². The van der Waals surface area contributed by atoms with E-state index < -0.39 is 120 Å². The highest BCUT2D eigenvalue weighted by Crippen LogP contribution is 2.40. The van der Waals surface area contributed by atoms with E-state index in [9.17, 15) is 63.6 Å². The molecule has 1 aliphatic rings. The zero-order valence-corrected chi connectivity index (χ0v) is 41.7. The van der Waals surface area contributed by atoms with Crippen LogP contribution >= 0.6 is 0 Å². The molecule has 0 bridgehead atoms. The number of rotatable bonds is 36. The van der Waals surface area contributed by atoms with Crippen LogP contribution < -0.4 is 71.2 Å². The largest absolute Gasteiger partial charge is 0.480 e. The van der Waals surface area contributed by atoms with E-state index in [1.807, 2.05) is 23.5 Å². The monoisotopic (exact) mass is 1030 g/mol. The summed E-state index contributed by atoms with van der Waals surface area (Å²) in [6, 6.07) is -1.38. The highest BCUT2D eigenvalue weighted by Gasteiger charge is 2.38. The number of benzene rings is 1. The second-order valence-corrected chi connectivity index (χ2v) is 18.1. The standard InChI is InChI=1S/C46H78N14O13/c1-24(38(65)55-31(16-11-21-53-46(50)51)40(67)57-30(15-7-9-19-47)41(68)58-34(23-61)43(70)60-37(26(3)63)45(72)73)54-44(71)36(25(2)62)59-42(69)32(17-18-35(49)64)56-39(66)29(48)14-8-10-20-52-33-22-28(33)27-12-5-4-6-13-27/h4-6,12-13,24-26,28-34,36-37,52,61-63H,7-11,14-23,47-48H2,1-3H3,(H2,49,64)(H,54,71)(H,55,65)(H,56,66)(H,57,67)(H,58,68)(H,59,69)(H,60,70)(H,72,73)(H4,50,51,53)/t24-,25+,26+,28+,29-,30-,31-,32-,33-,34-,36-,37-/m0/s1. The summed E-state index contributed by atoms with van der Waals surface area (Å²) >= 11 is 0. The molecular formula is C46H78N14O13. The Balaban J connectivity index is 2.13. The molecule has 0 unspecified atom stereocenters. The van der Waals surface area contributed by atoms with Gasteiger partial charge in [0.1, 0.15) is 36.3 Å². The molecule has 1 fully saturated rings. The van der Waals surface area contributed by atoms with Gasteiger partial charge in [-0.25, -0.2) is 4.79 Å². The molecule has 2 rings (SSSR count). The fraction of sp³-hybridized carbons (Fsp3) is 0.652. The normalized spacial score (nSPS) is 18.0. The van der Waals surface area contributed by atoms with Crippen LogP contribution in [-0.4, -0.2) is 172 Å². The van der Waals surface area contributed by atoms with Crippen LogP contribution in [0.3, 0.4) is 0 Å². The van der Waals surface area contributed by atoms with Crippen molar-refractivity contribution < 1.29 is 63.6 Å². The zero-order chi connectivity index (χ0) is 54.8. The van der Waals surface area contributed by atoms with Gasteiger partial charge in [-0.2, -0.15) is 0 Å². The summed E-state index contributed by atoms with van der Waals surface area (Å²) in [5.74, 6) is -8.90. The average Bonchev–Trinajstić information content (AvgIpc) is 4.12. The second kappa shape index (κ2) is 32.5. The van der Waals surface area contributed by atoms with Gasteiger partial charge in [-0.05, 0) is 97.2 Å². The third kappa shape index (κ3) is 23.3. The van der Waals surface area contributed by atoms with Gasteiger partial charge in [0.15, 0.2) is 12.0 Å². The molecule has 8 amide bonds. The maximum atomic E-state index is 13.9. The number of unbranched alkanes of at least 4 members (excludes halogenated alkanes) is 2. The molecule has 73 heavy (non-hydrogen) atoms. The smallest absolute Gasteiger partial charge is 0.328 e. The maximum absolute atomic E-state index is 13.9. The first kappa shape index (κ1) is 62.6. The number of aliphatic hydroxyl groups is 3. The highest BCUT2D eigenvalue weighted by molar-refractivity contribution is 5.97. The van der Waals surface area contributed by atoms with Crippen molar-refractivity contribution in [3.05, 3.63) is 35.9 Å². The number of hydrogen-bond donors (Lipinski definition) is 17. The number of aliphatic imine (C=N–C) groups is 1. The molecule has 1 aliphatic carbocycles. The average molecular weight is 1040 g/mol. The van der Waals surface area contributed by atoms with Crippen LogP contribution in [0.25, 0.3) is 0 Å². The number of carboxylic acid groups (broad SMARTS) is 1. The Labute approximate surface area is 424 Å². The lowest BCUT2D eigenvalue weighted by atomic mass is 10.0. The molecule has 1 saturated carbocycles. The van der Waals surface area contributed by atoms with Crippen LogP contribution in [0.15, 0.2) is 35.3 Å². The number of primary amides is 1. The number of nitrogens with zero attached hydrogens (tertiary/aromatic N) is 1. The molecule has 0 heterocycles. The number of aliphatic carboxylic acids is 1. The lowest BCUT2D eigenvalue weighted by Crippen LogP contribution is -2.61. The van der Waals surface area contributed by atoms with Gasteiger partial charge in [0, 0.05) is 24.9 Å². The van der Waals surface area contributed by atoms with Crippen LogP contribution in [-0.2, 0) is 43.2 Å². The van der Waals surface area contributed by atoms with Crippen molar-refractivity contribution in [2.75, 3.05) is 26.2 Å². The van der Waals surface area contributed by atoms with Crippen molar-refractivity contribution in [3.8, 4) is 0 Å². The molecule has 1 aromatic carbocycles. The van der Waals surface area contributed by atoms with Crippen LogP contribution in [0.1, 0.15) is 103 Å². The number of carbonyl (C=O) groups excluding carboxylic acids is 8. The summed E-state index contributed by atoms with van der Waals surface area (Å²) in [5.41, 5.74) is 29.3. The van der Waals surface area contributed by atoms with Gasteiger partial charge in [-0.15, -0.1) is 0 Å². The molecule has 27 nitrogen and oxygen atoms in total. The predicted octanol–water partition coefficient (Wildman–Crippen LogP) is -5.67. The van der Waals surface area contributed by atoms with E-state index in [1.165, 1.54) is 19.4 Å². The number of hydrogen-bond acceptors (Lipinski definition) is 16. The summed E-state index contributed by atoms with van der Waals surface area (Å²) < 4.78 is 0. The molecule has 410 valence electrons. The summed E-state index contributed by atoms with van der Waals surface area (Å²) in [4.78, 5) is 121. The van der Waals surface area contributed by atoms with Gasteiger partial charge < -0.3 is 91.6 Å². The van der Waals surface area contributed by atoms with Crippen molar-refractivity contribution in [2.24, 2.45) is 33.7 Å². The van der Waals surface area contributed by atoms with Crippen LogP contribution in [0.5, 0.6) is 0 Å². The van der Waals surface area contributed by atoms with Gasteiger partial charge in [-0.1, -0.05) is 36.8 Å². The van der Waals surface area contributed by atoms with Crippen LogP contribution in [0, 0.1) is 0 Å². The van der Waals surface area contributed by atoms with Crippen molar-refractivity contribution in [1.29, 1.82) is 0 Å². The lowest BCUT2D eigenvalue weighted by Gasteiger charge is -2.27. The third-order valence-corrected chi connectivity index (χ3v) is 11.9. The fourth-order valence-electron chi connectivity index (χ4n) is 7.47. The molecule has 22 N–H and O–H groups in total. The Morgan fingerprint density at radius 2 is 1.15 bits per heavy atom. The molecule has 27 heteroatoms. The van der Waals surface area contributed by atoms with Crippen LogP contribution in [0.2, 0.25) is 0 Å². The minimum Gasteiger partial charge on any atom is -0.480 e. The first-order chi connectivity index (χ1) is 34.5. The van der Waals surface area contributed by atoms with E-state index in [1.54, 1.807) is 0 Å². The number of nitrogens with one attached hydrogen (secondary N) is 8. The van der Waals surface area contributed by atoms with E-state index in [-0.39, 0.29) is 64.0 Å². The summed E-state index contributed by atoms with van der Waals surface area (Å²) in [7, 11) is 0. The second-order valence-electron chi connectivity index (χ2n) is 18.1. The van der Waals surface area contributed by atoms with Gasteiger partial charge in [-0.3, -0.25) is 43.3 Å². The molecule has 0 aromatic heterocycles. The highest BCUT2D eigenvalue weighted by atomic mass is 16.4. The minimum absolute atomic E-state index is 0.00264. The topological polar surface area (TPSA) is 473 Å². The van der Waals surface area contributed by atoms with E-state index in [4.69, 9.17) is 28.7 Å². The molecule has 12 atom stereocenters. The Morgan fingerprint density at radius 1 is 0.630 bits per heavy atom. The summed E-state index contributed by atoms with van der Waals surface area (Å²) in [6.07, 6.45) is -0.515. The number of amides is 8. The molecule has 0 aliphatic heterocycles. The molecule has 0 spiro atoms. The first-order valence-electron chi connectivity index (χ1n) is 24.4. The Bertz CT molecular complexity index is 2010. The van der Waals surface area contributed by atoms with Crippen molar-refractivity contribution in [2.45, 2.75) is 164 Å². The number of nitrogens with two attached hydrogens (primary N) is 5. The third-order valence-electron chi connectivity index (χ3n) is 11.9. The Morgan fingerprint density at radius 3 is 1.71 bits per heavy atom. The number of carbonyl (C=O) groups is 9. The number of carboxylic acids is 1. The van der Waals surface area contributed by atoms with E-state index in [2.05, 4.69) is 54.3 Å². The van der Waals surface area contributed by atoms with Crippen LogP contribution in [0.4, 0.5) is 0 Å². The van der Waals surface area contributed by atoms with Gasteiger partial charge in [0.25, 0.3) is 0 Å². The van der Waals surface area contributed by atoms with Gasteiger partial charge in [0.2, 0.25) is 47.3 Å². The Hall–Kier alpha value is -6.52. The molecule has 0 saturated heterocycles. The van der Waals surface area contributed by atoms with Gasteiger partial charge in [0.05, 0.1) is 24.9 Å². The lowest BCUT2D eigenvalue weighted by molar-refractivity contribution is -0.145. The van der Waals surface area contributed by atoms with Crippen molar-refractivity contribution in [1.82, 2.24) is 42.5 Å². The molecular weight excluding hydrogens is 957 g/mol. The number of guanidine groups is 1. The molecule has 1 aromatic rings. The van der Waals surface area contributed by atoms with Crippen molar-refractivity contribution in [3.63, 3.8) is 0 Å². The minimum atomic E-state index is -1.78. The Kier molecular flexibility index (Phi) is 27.9. The van der Waals surface area contributed by atoms with E-state index in [0.29, 0.717) is 31.3 Å². The maximum Gasteiger partial charge on any atom is 0.328 e.